The van der Waals surface area contributed by atoms with Crippen LogP contribution in [0.1, 0.15) is 25.6 Å². The lowest BCUT2D eigenvalue weighted by Gasteiger charge is -1.91. The zero-order chi connectivity index (χ0) is 8.10. The van der Waals surface area contributed by atoms with E-state index >= 15 is 0 Å². The van der Waals surface area contributed by atoms with E-state index in [1.807, 2.05) is 6.92 Å². The van der Waals surface area contributed by atoms with Gasteiger partial charge in [-0.3, -0.25) is 5.10 Å². The highest BCUT2D eigenvalue weighted by Gasteiger charge is 1.98. The Balaban J connectivity index is 2.27. The molecule has 0 fully saturated rings. The molecule has 0 atom stereocenters. The van der Waals surface area contributed by atoms with Crippen molar-refractivity contribution in [3.8, 4) is 0 Å². The summed E-state index contributed by atoms with van der Waals surface area (Å²) in [6.07, 6.45) is 2.47. The molecule has 1 rings (SSSR count). The first kappa shape index (κ1) is 8.59. The van der Waals surface area contributed by atoms with Crippen LogP contribution in [-0.2, 0) is 0 Å². The van der Waals surface area contributed by atoms with Gasteiger partial charge in [0.1, 0.15) is 5.82 Å². The predicted octanol–water partition coefficient (Wildman–Crippen LogP) is 2.01. The Bertz CT molecular complexity index is 209. The molecule has 0 spiro atoms. The third kappa shape index (κ3) is 2.93. The highest BCUT2D eigenvalue weighted by Crippen LogP contribution is 2.13. The topological polar surface area (TPSA) is 41.6 Å². The molecule has 0 amide bonds. The van der Waals surface area contributed by atoms with Gasteiger partial charge < -0.3 is 0 Å². The first-order valence-electron chi connectivity index (χ1n) is 3.84. The summed E-state index contributed by atoms with van der Waals surface area (Å²) in [5, 5.41) is 7.70. The van der Waals surface area contributed by atoms with Crippen molar-refractivity contribution in [3.05, 3.63) is 5.82 Å². The minimum Gasteiger partial charge on any atom is -0.262 e. The van der Waals surface area contributed by atoms with Crippen molar-refractivity contribution in [2.45, 2.75) is 31.8 Å². The molecule has 0 aromatic carbocycles. The van der Waals surface area contributed by atoms with Gasteiger partial charge in [0.2, 0.25) is 5.16 Å². The summed E-state index contributed by atoms with van der Waals surface area (Å²) in [6, 6.07) is 0. The molecule has 1 aromatic rings. The van der Waals surface area contributed by atoms with Crippen molar-refractivity contribution in [2.24, 2.45) is 0 Å². The molecule has 0 saturated carbocycles. The third-order valence-electron chi connectivity index (χ3n) is 1.31. The van der Waals surface area contributed by atoms with Crippen molar-refractivity contribution in [2.75, 3.05) is 5.75 Å². The smallest absolute Gasteiger partial charge is 0.208 e. The molecule has 3 nitrogen and oxygen atoms in total. The second-order valence-corrected chi connectivity index (χ2v) is 3.47. The zero-order valence-corrected chi connectivity index (χ0v) is 7.74. The molecular weight excluding hydrogens is 158 g/mol. The highest BCUT2D eigenvalue weighted by molar-refractivity contribution is 7.99. The molecule has 1 N–H and O–H groups in total. The van der Waals surface area contributed by atoms with E-state index in [2.05, 4.69) is 22.1 Å². The van der Waals surface area contributed by atoms with Gasteiger partial charge in [0, 0.05) is 5.75 Å². The lowest BCUT2D eigenvalue weighted by atomic mass is 10.4. The molecule has 4 heteroatoms. The average Bonchev–Trinajstić information content (AvgIpc) is 2.37. The molecule has 0 saturated heterocycles. The molecule has 62 valence electrons. The van der Waals surface area contributed by atoms with Gasteiger partial charge in [-0.2, -0.15) is 0 Å². The molecule has 0 aliphatic heterocycles. The van der Waals surface area contributed by atoms with E-state index in [1.165, 1.54) is 12.8 Å². The molecular formula is C7H13N3S. The number of aryl methyl sites for hydroxylation is 1. The van der Waals surface area contributed by atoms with Crippen LogP contribution < -0.4 is 0 Å². The molecule has 1 heterocycles. The normalized spacial score (nSPS) is 10.4. The molecule has 11 heavy (non-hydrogen) atoms. The summed E-state index contributed by atoms with van der Waals surface area (Å²) in [6.45, 7) is 4.10. The van der Waals surface area contributed by atoms with Crippen LogP contribution in [0.3, 0.4) is 0 Å². The SMILES string of the molecule is CCCCSc1n[nH]c(C)n1. The first-order valence-corrected chi connectivity index (χ1v) is 4.83. The molecule has 0 unspecified atom stereocenters. The fourth-order valence-corrected chi connectivity index (χ4v) is 1.62. The number of unbranched alkanes of at least 4 members (excludes halogenated alkanes) is 1. The van der Waals surface area contributed by atoms with Gasteiger partial charge >= 0.3 is 0 Å². The Morgan fingerprint density at radius 1 is 1.55 bits per heavy atom. The number of nitrogens with one attached hydrogen (secondary N) is 1. The van der Waals surface area contributed by atoms with Gasteiger partial charge in [0.05, 0.1) is 0 Å². The quantitative estimate of drug-likeness (QED) is 0.556. The average molecular weight is 171 g/mol. The Morgan fingerprint density at radius 3 is 2.91 bits per heavy atom. The zero-order valence-electron chi connectivity index (χ0n) is 6.92. The number of rotatable bonds is 4. The summed E-state index contributed by atoms with van der Waals surface area (Å²) in [4.78, 5) is 4.18. The van der Waals surface area contributed by atoms with Crippen molar-refractivity contribution >= 4 is 11.8 Å². The molecule has 1 aromatic heterocycles. The maximum absolute atomic E-state index is 4.18. The summed E-state index contributed by atoms with van der Waals surface area (Å²) < 4.78 is 0. The van der Waals surface area contributed by atoms with Gasteiger partial charge in [0.15, 0.2) is 0 Å². The van der Waals surface area contributed by atoms with Crippen LogP contribution in [0, 0.1) is 6.92 Å². The summed E-state index contributed by atoms with van der Waals surface area (Å²) in [5.74, 6) is 2.01. The number of nitrogens with zero attached hydrogens (tertiary/aromatic N) is 2. The fraction of sp³-hybridized carbons (Fsp3) is 0.714. The van der Waals surface area contributed by atoms with E-state index in [0.29, 0.717) is 0 Å². The Morgan fingerprint density at radius 2 is 2.36 bits per heavy atom. The number of hydrogen-bond donors (Lipinski definition) is 1. The molecule has 0 aliphatic carbocycles. The van der Waals surface area contributed by atoms with Crippen molar-refractivity contribution in [3.63, 3.8) is 0 Å². The summed E-state index contributed by atoms with van der Waals surface area (Å²) in [5.41, 5.74) is 0. The van der Waals surface area contributed by atoms with E-state index < -0.39 is 0 Å². The minimum atomic E-state index is 0.871. The minimum absolute atomic E-state index is 0.871. The van der Waals surface area contributed by atoms with Crippen LogP contribution in [-0.4, -0.2) is 20.9 Å². The fourth-order valence-electron chi connectivity index (χ4n) is 0.695. The van der Waals surface area contributed by atoms with E-state index in [4.69, 9.17) is 0 Å². The van der Waals surface area contributed by atoms with Crippen LogP contribution in [0.4, 0.5) is 0 Å². The number of H-pyrrole nitrogens is 1. The standard InChI is InChI=1S/C7H13N3S/c1-3-4-5-11-7-8-6(2)9-10-7/h3-5H2,1-2H3,(H,8,9,10). The number of aromatic nitrogens is 3. The largest absolute Gasteiger partial charge is 0.262 e. The van der Waals surface area contributed by atoms with Crippen molar-refractivity contribution < 1.29 is 0 Å². The Kier molecular flexibility index (Phi) is 3.42. The second-order valence-electron chi connectivity index (χ2n) is 2.41. The first-order chi connectivity index (χ1) is 5.33. The van der Waals surface area contributed by atoms with Crippen LogP contribution in [0.2, 0.25) is 0 Å². The monoisotopic (exact) mass is 171 g/mol. The van der Waals surface area contributed by atoms with Crippen LogP contribution in [0.5, 0.6) is 0 Å². The number of thioether (sulfide) groups is 1. The second kappa shape index (κ2) is 4.38. The van der Waals surface area contributed by atoms with E-state index in [0.717, 1.165) is 16.7 Å². The Labute approximate surface area is 71.0 Å². The lowest BCUT2D eigenvalue weighted by Crippen LogP contribution is -1.80. The molecule has 0 bridgehead atoms. The van der Waals surface area contributed by atoms with Gasteiger partial charge in [-0.1, -0.05) is 25.1 Å². The molecule has 0 radical (unpaired) electrons. The van der Waals surface area contributed by atoms with Gasteiger partial charge in [0.25, 0.3) is 0 Å². The third-order valence-corrected chi connectivity index (χ3v) is 2.24. The van der Waals surface area contributed by atoms with Gasteiger partial charge in [-0.15, -0.1) is 5.10 Å². The van der Waals surface area contributed by atoms with Crippen LogP contribution in [0.25, 0.3) is 0 Å². The van der Waals surface area contributed by atoms with E-state index in [9.17, 15) is 0 Å². The van der Waals surface area contributed by atoms with Crippen molar-refractivity contribution in [1.82, 2.24) is 15.2 Å². The maximum atomic E-state index is 4.18. The van der Waals surface area contributed by atoms with Crippen molar-refractivity contribution in [1.29, 1.82) is 0 Å². The highest BCUT2D eigenvalue weighted by atomic mass is 32.2. The number of hydrogen-bond acceptors (Lipinski definition) is 3. The Hall–Kier alpha value is -0.510. The summed E-state index contributed by atoms with van der Waals surface area (Å²) in [7, 11) is 0. The maximum Gasteiger partial charge on any atom is 0.208 e. The van der Waals surface area contributed by atoms with Crippen LogP contribution >= 0.6 is 11.8 Å². The van der Waals surface area contributed by atoms with Gasteiger partial charge in [-0.05, 0) is 13.3 Å². The summed E-state index contributed by atoms with van der Waals surface area (Å²) >= 11 is 1.71. The van der Waals surface area contributed by atoms with E-state index in [1.54, 1.807) is 11.8 Å². The molecule has 0 aliphatic rings. The van der Waals surface area contributed by atoms with E-state index in [-0.39, 0.29) is 0 Å². The lowest BCUT2D eigenvalue weighted by molar-refractivity contribution is 0.889. The predicted molar refractivity (Wildman–Crippen MR) is 46.8 cm³/mol. The van der Waals surface area contributed by atoms with Gasteiger partial charge in [-0.25, -0.2) is 4.98 Å². The van der Waals surface area contributed by atoms with Crippen LogP contribution in [0.15, 0.2) is 5.16 Å². The number of aromatic amines is 1.